The first-order valence-corrected chi connectivity index (χ1v) is 9.57. The highest BCUT2D eigenvalue weighted by Gasteiger charge is 2.50. The Balaban J connectivity index is 1.67. The van der Waals surface area contributed by atoms with Crippen LogP contribution in [0.15, 0.2) is 18.2 Å². The average molecular weight is 448 g/mol. The molecule has 0 aromatic heterocycles. The van der Waals surface area contributed by atoms with Gasteiger partial charge in [-0.15, -0.1) is 0 Å². The first-order valence-electron chi connectivity index (χ1n) is 9.57. The van der Waals surface area contributed by atoms with Crippen LogP contribution in [0.1, 0.15) is 0 Å². The number of ether oxygens (including phenoxy) is 6. The summed E-state index contributed by atoms with van der Waals surface area (Å²) in [5.41, 5.74) is -1.87. The van der Waals surface area contributed by atoms with Crippen LogP contribution < -0.4 is 14.2 Å². The third-order valence-electron chi connectivity index (χ3n) is 5.29. The Labute approximate surface area is 178 Å². The standard InChI is InChI=1S/C19H28O12/c1-26-9-3-4-10(11(5-9)27-2)30-17-15(23)14(22)13(21)12(31-17)6-28-18-16(24)19(25,7-20)8-29-18/h3-5,12-18,20-25H,6-8H2,1-2H3/t12-,13-,14+,15-,16+,17-,18-,19-/m1/s1. The molecule has 0 spiro atoms. The van der Waals surface area contributed by atoms with E-state index >= 15 is 0 Å². The van der Waals surface area contributed by atoms with Crippen LogP contribution in [0.25, 0.3) is 0 Å². The predicted octanol–water partition coefficient (Wildman–Crippen LogP) is -2.65. The summed E-state index contributed by atoms with van der Waals surface area (Å²) in [5.74, 6) is 0.987. The topological polar surface area (TPSA) is 177 Å². The lowest BCUT2D eigenvalue weighted by Crippen LogP contribution is -2.60. The van der Waals surface area contributed by atoms with Crippen molar-refractivity contribution in [2.45, 2.75) is 48.7 Å². The Morgan fingerprint density at radius 3 is 2.35 bits per heavy atom. The fourth-order valence-corrected chi connectivity index (χ4v) is 3.27. The summed E-state index contributed by atoms with van der Waals surface area (Å²) in [7, 11) is 2.90. The van der Waals surface area contributed by atoms with Crippen molar-refractivity contribution in [2.75, 3.05) is 34.0 Å². The van der Waals surface area contributed by atoms with Crippen LogP contribution in [0, 0.1) is 0 Å². The monoisotopic (exact) mass is 448 g/mol. The molecule has 0 amide bonds. The maximum Gasteiger partial charge on any atom is 0.229 e. The van der Waals surface area contributed by atoms with Crippen LogP contribution in [-0.4, -0.2) is 113 Å². The fraction of sp³-hybridized carbons (Fsp3) is 0.684. The molecule has 0 saturated carbocycles. The van der Waals surface area contributed by atoms with Crippen LogP contribution in [0.5, 0.6) is 17.2 Å². The smallest absolute Gasteiger partial charge is 0.229 e. The van der Waals surface area contributed by atoms with Crippen molar-refractivity contribution in [2.24, 2.45) is 0 Å². The van der Waals surface area contributed by atoms with E-state index in [9.17, 15) is 30.6 Å². The molecule has 0 bridgehead atoms. The van der Waals surface area contributed by atoms with Gasteiger partial charge in [0.25, 0.3) is 0 Å². The highest BCUT2D eigenvalue weighted by Crippen LogP contribution is 2.34. The van der Waals surface area contributed by atoms with E-state index in [-0.39, 0.29) is 24.7 Å². The second-order valence-corrected chi connectivity index (χ2v) is 7.37. The first-order chi connectivity index (χ1) is 14.7. The van der Waals surface area contributed by atoms with Gasteiger partial charge < -0.3 is 59.1 Å². The molecule has 2 fully saturated rings. The van der Waals surface area contributed by atoms with E-state index in [0.717, 1.165) is 0 Å². The van der Waals surface area contributed by atoms with Crippen LogP contribution in [0.3, 0.4) is 0 Å². The lowest BCUT2D eigenvalue weighted by Gasteiger charge is -2.40. The predicted molar refractivity (Wildman–Crippen MR) is 101 cm³/mol. The van der Waals surface area contributed by atoms with E-state index in [1.807, 2.05) is 0 Å². The highest BCUT2D eigenvalue weighted by atomic mass is 16.7. The van der Waals surface area contributed by atoms with Gasteiger partial charge in [0.05, 0.1) is 34.0 Å². The molecule has 2 aliphatic rings. The number of benzene rings is 1. The molecule has 176 valence electrons. The van der Waals surface area contributed by atoms with Gasteiger partial charge in [0.15, 0.2) is 17.8 Å². The molecule has 6 N–H and O–H groups in total. The first kappa shape index (κ1) is 23.9. The minimum absolute atomic E-state index is 0.193. The molecular formula is C19H28O12. The van der Waals surface area contributed by atoms with Crippen molar-refractivity contribution < 1.29 is 59.1 Å². The molecule has 0 unspecified atom stereocenters. The molecule has 31 heavy (non-hydrogen) atoms. The summed E-state index contributed by atoms with van der Waals surface area (Å²) >= 11 is 0. The summed E-state index contributed by atoms with van der Waals surface area (Å²) < 4.78 is 32.1. The number of methoxy groups -OCH3 is 2. The van der Waals surface area contributed by atoms with Crippen LogP contribution in [0.4, 0.5) is 0 Å². The van der Waals surface area contributed by atoms with Gasteiger partial charge in [-0.1, -0.05) is 0 Å². The molecule has 2 heterocycles. The SMILES string of the molecule is COc1ccc(O[C@@H]2O[C@H](CO[C@@H]3OC[C@](O)(CO)[C@H]3O)[C@@H](O)[C@H](O)[C@H]2O)c(OC)c1. The maximum absolute atomic E-state index is 10.3. The molecule has 2 aliphatic heterocycles. The van der Waals surface area contributed by atoms with Gasteiger partial charge in [-0.05, 0) is 12.1 Å². The summed E-state index contributed by atoms with van der Waals surface area (Å²) in [6.07, 6.45) is -10.2. The van der Waals surface area contributed by atoms with Crippen molar-refractivity contribution in [1.29, 1.82) is 0 Å². The van der Waals surface area contributed by atoms with E-state index in [1.54, 1.807) is 12.1 Å². The van der Waals surface area contributed by atoms with E-state index in [0.29, 0.717) is 5.75 Å². The van der Waals surface area contributed by atoms with Gasteiger partial charge in [-0.2, -0.15) is 0 Å². The summed E-state index contributed by atoms with van der Waals surface area (Å²) in [4.78, 5) is 0. The molecule has 12 nitrogen and oxygen atoms in total. The second kappa shape index (κ2) is 9.81. The number of hydrogen-bond acceptors (Lipinski definition) is 12. The van der Waals surface area contributed by atoms with E-state index in [4.69, 9.17) is 28.4 Å². The molecule has 1 aromatic carbocycles. The van der Waals surface area contributed by atoms with Crippen molar-refractivity contribution >= 4 is 0 Å². The zero-order valence-corrected chi connectivity index (χ0v) is 17.0. The lowest BCUT2D eigenvalue weighted by molar-refractivity contribution is -0.289. The van der Waals surface area contributed by atoms with Crippen LogP contribution >= 0.6 is 0 Å². The largest absolute Gasteiger partial charge is 0.497 e. The number of hydrogen-bond donors (Lipinski definition) is 6. The van der Waals surface area contributed by atoms with Gasteiger partial charge in [0, 0.05) is 6.07 Å². The number of aliphatic hydroxyl groups is 6. The third-order valence-corrected chi connectivity index (χ3v) is 5.29. The molecule has 0 radical (unpaired) electrons. The van der Waals surface area contributed by atoms with Crippen LogP contribution in [0.2, 0.25) is 0 Å². The Morgan fingerprint density at radius 1 is 1.00 bits per heavy atom. The van der Waals surface area contributed by atoms with Gasteiger partial charge in [-0.25, -0.2) is 0 Å². The Kier molecular flexibility index (Phi) is 7.57. The molecule has 3 rings (SSSR count). The Morgan fingerprint density at radius 2 is 1.74 bits per heavy atom. The quantitative estimate of drug-likeness (QED) is 0.244. The number of aliphatic hydroxyl groups excluding tert-OH is 5. The normalized spacial score (nSPS) is 38.1. The molecule has 0 aliphatic carbocycles. The van der Waals surface area contributed by atoms with Gasteiger partial charge in [0.2, 0.25) is 6.29 Å². The van der Waals surface area contributed by atoms with Gasteiger partial charge >= 0.3 is 0 Å². The second-order valence-electron chi connectivity index (χ2n) is 7.37. The summed E-state index contributed by atoms with van der Waals surface area (Å²) in [6.45, 7) is -1.47. The summed E-state index contributed by atoms with van der Waals surface area (Å²) in [6, 6.07) is 4.67. The number of rotatable bonds is 8. The molecule has 8 atom stereocenters. The van der Waals surface area contributed by atoms with Crippen molar-refractivity contribution in [3.63, 3.8) is 0 Å². The molecule has 2 saturated heterocycles. The molecule has 1 aromatic rings. The van der Waals surface area contributed by atoms with Gasteiger partial charge in [0.1, 0.15) is 41.9 Å². The van der Waals surface area contributed by atoms with Crippen molar-refractivity contribution in [1.82, 2.24) is 0 Å². The maximum atomic E-state index is 10.3. The zero-order valence-electron chi connectivity index (χ0n) is 17.0. The Hall–Kier alpha value is -1.74. The van der Waals surface area contributed by atoms with E-state index in [2.05, 4.69) is 0 Å². The third kappa shape index (κ3) is 4.87. The van der Waals surface area contributed by atoms with Gasteiger partial charge in [-0.3, -0.25) is 0 Å². The van der Waals surface area contributed by atoms with E-state index < -0.39 is 55.3 Å². The van der Waals surface area contributed by atoms with E-state index in [1.165, 1.54) is 20.3 Å². The highest BCUT2D eigenvalue weighted by molar-refractivity contribution is 5.45. The molecular weight excluding hydrogens is 420 g/mol. The van der Waals surface area contributed by atoms with Crippen molar-refractivity contribution in [3.8, 4) is 17.2 Å². The van der Waals surface area contributed by atoms with Crippen LogP contribution in [-0.2, 0) is 14.2 Å². The fourth-order valence-electron chi connectivity index (χ4n) is 3.27. The Bertz CT molecular complexity index is 732. The van der Waals surface area contributed by atoms with Crippen molar-refractivity contribution in [3.05, 3.63) is 18.2 Å². The minimum atomic E-state index is -1.87. The lowest BCUT2D eigenvalue weighted by atomic mass is 9.99. The minimum Gasteiger partial charge on any atom is -0.497 e. The zero-order chi connectivity index (χ0) is 22.8. The average Bonchev–Trinajstić information content (AvgIpc) is 3.07. The molecule has 12 heteroatoms. The summed E-state index contributed by atoms with van der Waals surface area (Å²) in [5, 5.41) is 60.0.